The van der Waals surface area contributed by atoms with Crippen molar-refractivity contribution in [3.63, 3.8) is 0 Å². The second-order valence-corrected chi connectivity index (χ2v) is 6.95. The van der Waals surface area contributed by atoms with Crippen LogP contribution >= 0.6 is 11.3 Å². The van der Waals surface area contributed by atoms with Crippen LogP contribution in [-0.2, 0) is 18.3 Å². The SMILES string of the molecule is Cn1nc(CC(=O)Nc2ncc(-c3cccnc3)s2)c2ccccc2c1=O. The van der Waals surface area contributed by atoms with Crippen molar-refractivity contribution in [1.29, 1.82) is 0 Å². The minimum Gasteiger partial charge on any atom is -0.302 e. The standard InChI is InChI=1S/C19H15N5O2S/c1-24-18(26)14-7-3-2-6-13(14)15(23-24)9-17(25)22-19-21-11-16(27-19)12-5-4-8-20-10-12/h2-8,10-11H,9H2,1H3,(H,21,22,25). The quantitative estimate of drug-likeness (QED) is 0.590. The molecule has 4 rings (SSSR count). The van der Waals surface area contributed by atoms with Gasteiger partial charge >= 0.3 is 0 Å². The molecule has 1 aromatic carbocycles. The Bertz CT molecular complexity index is 1180. The minimum absolute atomic E-state index is 0.0520. The fraction of sp³-hybridized carbons (Fsp3) is 0.105. The molecule has 1 N–H and O–H groups in total. The smallest absolute Gasteiger partial charge is 0.274 e. The first kappa shape index (κ1) is 17.0. The number of amides is 1. The molecule has 0 aliphatic rings. The Kier molecular flexibility index (Phi) is 4.47. The molecule has 27 heavy (non-hydrogen) atoms. The maximum Gasteiger partial charge on any atom is 0.274 e. The number of rotatable bonds is 4. The van der Waals surface area contributed by atoms with Gasteiger partial charge in [-0.25, -0.2) is 9.67 Å². The third-order valence-electron chi connectivity index (χ3n) is 4.06. The van der Waals surface area contributed by atoms with E-state index >= 15 is 0 Å². The molecular weight excluding hydrogens is 362 g/mol. The summed E-state index contributed by atoms with van der Waals surface area (Å²) in [6, 6.07) is 10.9. The van der Waals surface area contributed by atoms with E-state index in [9.17, 15) is 9.59 Å². The Morgan fingerprint density at radius 3 is 2.74 bits per heavy atom. The van der Waals surface area contributed by atoms with Crippen LogP contribution in [0.2, 0.25) is 0 Å². The van der Waals surface area contributed by atoms with Gasteiger partial charge in [-0.2, -0.15) is 5.10 Å². The monoisotopic (exact) mass is 377 g/mol. The zero-order valence-corrected chi connectivity index (χ0v) is 15.2. The summed E-state index contributed by atoms with van der Waals surface area (Å²) in [5, 5.41) is 8.79. The molecular formula is C19H15N5O2S. The molecule has 0 saturated carbocycles. The van der Waals surface area contributed by atoms with Gasteiger partial charge in [0.15, 0.2) is 5.13 Å². The lowest BCUT2D eigenvalue weighted by atomic mass is 10.1. The predicted molar refractivity (Wildman–Crippen MR) is 105 cm³/mol. The van der Waals surface area contributed by atoms with Crippen molar-refractivity contribution in [3.8, 4) is 10.4 Å². The van der Waals surface area contributed by atoms with Crippen molar-refractivity contribution >= 4 is 33.1 Å². The zero-order valence-electron chi connectivity index (χ0n) is 14.4. The molecule has 0 aliphatic carbocycles. The van der Waals surface area contributed by atoms with Crippen molar-refractivity contribution in [3.05, 3.63) is 71.0 Å². The normalized spacial score (nSPS) is 10.9. The summed E-state index contributed by atoms with van der Waals surface area (Å²) in [6.07, 6.45) is 5.21. The number of benzene rings is 1. The number of aromatic nitrogens is 4. The average molecular weight is 377 g/mol. The van der Waals surface area contributed by atoms with Crippen LogP contribution in [0.1, 0.15) is 5.69 Å². The first-order chi connectivity index (χ1) is 13.1. The van der Waals surface area contributed by atoms with Gasteiger partial charge in [0.25, 0.3) is 5.56 Å². The van der Waals surface area contributed by atoms with E-state index in [2.05, 4.69) is 20.4 Å². The van der Waals surface area contributed by atoms with E-state index in [1.54, 1.807) is 43.8 Å². The van der Waals surface area contributed by atoms with Gasteiger partial charge in [0.1, 0.15) is 0 Å². The molecule has 0 aliphatic heterocycles. The number of nitrogens with zero attached hydrogens (tertiary/aromatic N) is 4. The van der Waals surface area contributed by atoms with Crippen LogP contribution in [0, 0.1) is 0 Å². The summed E-state index contributed by atoms with van der Waals surface area (Å²) in [4.78, 5) is 33.9. The van der Waals surface area contributed by atoms with Crippen LogP contribution < -0.4 is 10.9 Å². The van der Waals surface area contributed by atoms with Gasteiger partial charge in [0, 0.05) is 36.6 Å². The van der Waals surface area contributed by atoms with E-state index in [-0.39, 0.29) is 17.9 Å². The average Bonchev–Trinajstić information content (AvgIpc) is 3.15. The number of thiazole rings is 1. The number of fused-ring (bicyclic) bond motifs is 1. The van der Waals surface area contributed by atoms with Crippen molar-refractivity contribution in [2.75, 3.05) is 5.32 Å². The third kappa shape index (κ3) is 3.47. The van der Waals surface area contributed by atoms with Crippen LogP contribution in [0.15, 0.2) is 59.8 Å². The highest BCUT2D eigenvalue weighted by Gasteiger charge is 2.14. The topological polar surface area (TPSA) is 89.8 Å². The summed E-state index contributed by atoms with van der Waals surface area (Å²) in [5.74, 6) is -0.238. The van der Waals surface area contributed by atoms with E-state index in [0.29, 0.717) is 21.6 Å². The Labute approximate surface area is 158 Å². The van der Waals surface area contributed by atoms with Crippen LogP contribution in [0.25, 0.3) is 21.2 Å². The van der Waals surface area contributed by atoms with Crippen molar-refractivity contribution in [2.24, 2.45) is 7.05 Å². The van der Waals surface area contributed by atoms with E-state index in [1.165, 1.54) is 16.0 Å². The van der Waals surface area contributed by atoms with Crippen LogP contribution in [0.3, 0.4) is 0 Å². The van der Waals surface area contributed by atoms with Gasteiger partial charge in [0.2, 0.25) is 5.91 Å². The van der Waals surface area contributed by atoms with E-state index in [1.807, 2.05) is 18.2 Å². The number of pyridine rings is 1. The van der Waals surface area contributed by atoms with Crippen molar-refractivity contribution in [2.45, 2.75) is 6.42 Å². The number of hydrogen-bond acceptors (Lipinski definition) is 6. The lowest BCUT2D eigenvalue weighted by Crippen LogP contribution is -2.24. The van der Waals surface area contributed by atoms with Gasteiger partial charge in [-0.1, -0.05) is 35.6 Å². The van der Waals surface area contributed by atoms with Gasteiger partial charge in [0.05, 0.1) is 22.4 Å². The second kappa shape index (κ2) is 7.08. The molecule has 8 heteroatoms. The molecule has 0 spiro atoms. The Hall–Kier alpha value is -3.39. The molecule has 0 bridgehead atoms. The van der Waals surface area contributed by atoms with E-state index in [4.69, 9.17) is 0 Å². The maximum absolute atomic E-state index is 12.5. The van der Waals surface area contributed by atoms with Crippen molar-refractivity contribution < 1.29 is 4.79 Å². The summed E-state index contributed by atoms with van der Waals surface area (Å²) in [5.41, 5.74) is 1.31. The Balaban J connectivity index is 1.56. The zero-order chi connectivity index (χ0) is 18.8. The van der Waals surface area contributed by atoms with Crippen LogP contribution in [-0.4, -0.2) is 25.7 Å². The highest BCUT2D eigenvalue weighted by atomic mass is 32.1. The molecule has 3 heterocycles. The largest absolute Gasteiger partial charge is 0.302 e. The molecule has 7 nitrogen and oxygen atoms in total. The van der Waals surface area contributed by atoms with Crippen molar-refractivity contribution in [1.82, 2.24) is 19.7 Å². The highest BCUT2D eigenvalue weighted by molar-refractivity contribution is 7.19. The maximum atomic E-state index is 12.5. The molecule has 0 unspecified atom stereocenters. The van der Waals surface area contributed by atoms with Gasteiger partial charge in [-0.05, 0) is 12.1 Å². The number of carbonyl (C=O) groups is 1. The molecule has 3 aromatic heterocycles. The number of anilines is 1. The Morgan fingerprint density at radius 1 is 1.15 bits per heavy atom. The Morgan fingerprint density at radius 2 is 1.96 bits per heavy atom. The first-order valence-corrected chi connectivity index (χ1v) is 9.04. The van der Waals surface area contributed by atoms with E-state index < -0.39 is 0 Å². The third-order valence-corrected chi connectivity index (χ3v) is 5.02. The number of hydrogen-bond donors (Lipinski definition) is 1. The fourth-order valence-electron chi connectivity index (χ4n) is 2.80. The molecule has 0 radical (unpaired) electrons. The van der Waals surface area contributed by atoms with Gasteiger partial charge < -0.3 is 5.32 Å². The number of carbonyl (C=O) groups excluding carboxylic acids is 1. The number of aryl methyl sites for hydroxylation is 1. The first-order valence-electron chi connectivity index (χ1n) is 8.23. The number of nitrogens with one attached hydrogen (secondary N) is 1. The van der Waals surface area contributed by atoms with Gasteiger partial charge in [-0.3, -0.25) is 14.6 Å². The molecule has 1 amide bonds. The lowest BCUT2D eigenvalue weighted by molar-refractivity contribution is -0.115. The molecule has 134 valence electrons. The molecule has 4 aromatic rings. The lowest BCUT2D eigenvalue weighted by Gasteiger charge is -2.07. The van der Waals surface area contributed by atoms with Crippen LogP contribution in [0.4, 0.5) is 5.13 Å². The minimum atomic E-state index is -0.238. The molecule has 0 atom stereocenters. The summed E-state index contributed by atoms with van der Waals surface area (Å²) in [7, 11) is 1.58. The molecule has 0 fully saturated rings. The summed E-state index contributed by atoms with van der Waals surface area (Å²) < 4.78 is 1.26. The fourth-order valence-corrected chi connectivity index (χ4v) is 3.62. The molecule has 0 saturated heterocycles. The highest BCUT2D eigenvalue weighted by Crippen LogP contribution is 2.28. The van der Waals surface area contributed by atoms with E-state index in [0.717, 1.165) is 10.4 Å². The van der Waals surface area contributed by atoms with Crippen LogP contribution in [0.5, 0.6) is 0 Å². The predicted octanol–water partition coefficient (Wildman–Crippen LogP) is 2.63. The van der Waals surface area contributed by atoms with Gasteiger partial charge in [-0.15, -0.1) is 0 Å². The second-order valence-electron chi connectivity index (χ2n) is 5.92. The summed E-state index contributed by atoms with van der Waals surface area (Å²) in [6.45, 7) is 0. The summed E-state index contributed by atoms with van der Waals surface area (Å²) >= 11 is 1.38.